The van der Waals surface area contributed by atoms with E-state index in [1.54, 1.807) is 5.57 Å². The molecule has 0 aromatic rings. The third kappa shape index (κ3) is 3.15. The van der Waals surface area contributed by atoms with Crippen molar-refractivity contribution in [1.82, 2.24) is 0 Å². The average Bonchev–Trinajstić information content (AvgIpc) is 2.12. The van der Waals surface area contributed by atoms with Crippen molar-refractivity contribution in [2.75, 3.05) is 0 Å². The lowest BCUT2D eigenvalue weighted by atomic mass is 9.84. The Kier molecular flexibility index (Phi) is 4.51. The summed E-state index contributed by atoms with van der Waals surface area (Å²) in [6.45, 7) is 4.41. The van der Waals surface area contributed by atoms with Gasteiger partial charge >= 0.3 is 0 Å². The van der Waals surface area contributed by atoms with Gasteiger partial charge in [0.05, 0.1) is 6.10 Å². The maximum Gasteiger partial charge on any atom is 0.0605 e. The normalized spacial score (nSPS) is 28.7. The highest BCUT2D eigenvalue weighted by Crippen LogP contribution is 2.28. The van der Waals surface area contributed by atoms with Gasteiger partial charge in [-0.3, -0.25) is 0 Å². The molecule has 76 valence electrons. The van der Waals surface area contributed by atoms with Crippen LogP contribution in [0.4, 0.5) is 0 Å². The number of hydrogen-bond acceptors (Lipinski definition) is 1. The van der Waals surface area contributed by atoms with Gasteiger partial charge in [0.25, 0.3) is 0 Å². The zero-order valence-corrected chi connectivity index (χ0v) is 8.92. The number of aliphatic hydroxyl groups excluding tert-OH is 1. The summed E-state index contributed by atoms with van der Waals surface area (Å²) in [5.74, 6) is 0.445. The van der Waals surface area contributed by atoms with E-state index >= 15 is 0 Å². The zero-order valence-electron chi connectivity index (χ0n) is 8.92. The summed E-state index contributed by atoms with van der Waals surface area (Å²) in [6.07, 6.45) is 9.16. The van der Waals surface area contributed by atoms with E-state index in [0.29, 0.717) is 5.92 Å². The van der Waals surface area contributed by atoms with Crippen molar-refractivity contribution >= 4 is 0 Å². The van der Waals surface area contributed by atoms with Crippen molar-refractivity contribution in [3.05, 3.63) is 11.6 Å². The lowest BCUT2D eigenvalue weighted by molar-refractivity contribution is 0.109. The molecule has 0 spiro atoms. The molecule has 2 atom stereocenters. The van der Waals surface area contributed by atoms with Gasteiger partial charge in [-0.05, 0) is 25.7 Å². The molecular weight excluding hydrogens is 160 g/mol. The molecule has 2 unspecified atom stereocenters. The van der Waals surface area contributed by atoms with Crippen molar-refractivity contribution in [2.24, 2.45) is 5.92 Å². The van der Waals surface area contributed by atoms with Crippen LogP contribution in [0, 0.1) is 5.92 Å². The van der Waals surface area contributed by atoms with Crippen LogP contribution in [0.2, 0.25) is 0 Å². The van der Waals surface area contributed by atoms with E-state index in [1.165, 1.54) is 19.3 Å². The highest BCUT2D eigenvalue weighted by molar-refractivity contribution is 5.10. The Labute approximate surface area is 81.9 Å². The maximum absolute atomic E-state index is 9.74. The number of aliphatic hydroxyl groups is 1. The van der Waals surface area contributed by atoms with Crippen LogP contribution in [0.25, 0.3) is 0 Å². The van der Waals surface area contributed by atoms with Gasteiger partial charge in [-0.1, -0.05) is 38.3 Å². The van der Waals surface area contributed by atoms with E-state index in [4.69, 9.17) is 0 Å². The molecule has 0 saturated heterocycles. The summed E-state index contributed by atoms with van der Waals surface area (Å²) in [6, 6.07) is 0. The predicted molar refractivity (Wildman–Crippen MR) is 56.6 cm³/mol. The Bertz CT molecular complexity index is 172. The summed E-state index contributed by atoms with van der Waals surface area (Å²) < 4.78 is 0. The van der Waals surface area contributed by atoms with Crippen molar-refractivity contribution in [1.29, 1.82) is 0 Å². The smallest absolute Gasteiger partial charge is 0.0605 e. The molecule has 1 rings (SSSR count). The second kappa shape index (κ2) is 5.43. The monoisotopic (exact) mass is 182 g/mol. The Hall–Kier alpha value is -0.300. The van der Waals surface area contributed by atoms with Crippen LogP contribution in [0.1, 0.15) is 52.4 Å². The third-order valence-corrected chi connectivity index (χ3v) is 2.90. The van der Waals surface area contributed by atoms with Crippen LogP contribution < -0.4 is 0 Å². The molecule has 1 nitrogen and oxygen atoms in total. The van der Waals surface area contributed by atoms with Gasteiger partial charge in [-0.25, -0.2) is 0 Å². The van der Waals surface area contributed by atoms with E-state index in [0.717, 1.165) is 19.3 Å². The van der Waals surface area contributed by atoms with Gasteiger partial charge in [-0.2, -0.15) is 0 Å². The summed E-state index contributed by atoms with van der Waals surface area (Å²) in [5.41, 5.74) is 1.58. The first kappa shape index (κ1) is 10.8. The highest BCUT2D eigenvalue weighted by atomic mass is 16.3. The second-order valence-corrected chi connectivity index (χ2v) is 4.13. The molecule has 0 bridgehead atoms. The van der Waals surface area contributed by atoms with E-state index in [2.05, 4.69) is 19.9 Å². The summed E-state index contributed by atoms with van der Waals surface area (Å²) in [4.78, 5) is 0. The van der Waals surface area contributed by atoms with Gasteiger partial charge in [-0.15, -0.1) is 0 Å². The van der Waals surface area contributed by atoms with Crippen LogP contribution in [-0.4, -0.2) is 11.2 Å². The van der Waals surface area contributed by atoms with Crippen LogP contribution >= 0.6 is 0 Å². The molecule has 13 heavy (non-hydrogen) atoms. The average molecular weight is 182 g/mol. The molecule has 1 aliphatic rings. The fourth-order valence-corrected chi connectivity index (χ4v) is 2.18. The molecule has 0 aromatic carbocycles. The van der Waals surface area contributed by atoms with Gasteiger partial charge in [0.1, 0.15) is 0 Å². The first-order valence-electron chi connectivity index (χ1n) is 5.65. The maximum atomic E-state index is 9.74. The molecule has 0 saturated carbocycles. The number of hydrogen-bond donors (Lipinski definition) is 1. The van der Waals surface area contributed by atoms with E-state index < -0.39 is 0 Å². The second-order valence-electron chi connectivity index (χ2n) is 4.13. The first-order valence-corrected chi connectivity index (χ1v) is 5.65. The quantitative estimate of drug-likeness (QED) is 0.661. The molecular formula is C12H22O. The lowest BCUT2D eigenvalue weighted by Gasteiger charge is -2.26. The van der Waals surface area contributed by atoms with Crippen LogP contribution in [0.5, 0.6) is 0 Å². The molecule has 0 aromatic heterocycles. The Balaban J connectivity index is 2.52. The first-order chi connectivity index (χ1) is 6.27. The Morgan fingerprint density at radius 3 is 2.77 bits per heavy atom. The summed E-state index contributed by atoms with van der Waals surface area (Å²) >= 11 is 0. The Morgan fingerprint density at radius 1 is 1.38 bits per heavy atom. The molecule has 0 fully saturated rings. The zero-order chi connectivity index (χ0) is 9.68. The SMILES string of the molecule is CCCC1=CC(CCC)C(O)CC1. The van der Waals surface area contributed by atoms with Crippen LogP contribution in [-0.2, 0) is 0 Å². The highest BCUT2D eigenvalue weighted by Gasteiger charge is 2.21. The van der Waals surface area contributed by atoms with Gasteiger partial charge in [0.15, 0.2) is 0 Å². The van der Waals surface area contributed by atoms with Gasteiger partial charge in [0.2, 0.25) is 0 Å². The summed E-state index contributed by atoms with van der Waals surface area (Å²) in [7, 11) is 0. The molecule has 1 N–H and O–H groups in total. The van der Waals surface area contributed by atoms with Crippen molar-refractivity contribution in [3.63, 3.8) is 0 Å². The standard InChI is InChI=1S/C12H22O/c1-3-5-10-7-8-12(13)11(9-10)6-4-2/h9,11-13H,3-8H2,1-2H3. The van der Waals surface area contributed by atoms with E-state index in [-0.39, 0.29) is 6.10 Å². The third-order valence-electron chi connectivity index (χ3n) is 2.90. The molecule has 0 heterocycles. The lowest BCUT2D eigenvalue weighted by Crippen LogP contribution is -2.22. The predicted octanol–water partition coefficient (Wildman–Crippen LogP) is 3.28. The largest absolute Gasteiger partial charge is 0.393 e. The molecule has 0 aliphatic heterocycles. The minimum atomic E-state index is -0.0689. The van der Waals surface area contributed by atoms with Crippen molar-refractivity contribution in [3.8, 4) is 0 Å². The minimum Gasteiger partial charge on any atom is -0.393 e. The topological polar surface area (TPSA) is 20.2 Å². The van der Waals surface area contributed by atoms with E-state index in [1.807, 2.05) is 0 Å². The number of rotatable bonds is 4. The van der Waals surface area contributed by atoms with Crippen LogP contribution in [0.3, 0.4) is 0 Å². The van der Waals surface area contributed by atoms with Crippen molar-refractivity contribution < 1.29 is 5.11 Å². The summed E-state index contributed by atoms with van der Waals surface area (Å²) in [5, 5.41) is 9.74. The fraction of sp³-hybridized carbons (Fsp3) is 0.833. The van der Waals surface area contributed by atoms with Gasteiger partial charge < -0.3 is 5.11 Å². The fourth-order valence-electron chi connectivity index (χ4n) is 2.18. The Morgan fingerprint density at radius 2 is 2.15 bits per heavy atom. The van der Waals surface area contributed by atoms with Crippen LogP contribution in [0.15, 0.2) is 11.6 Å². The minimum absolute atomic E-state index is 0.0689. The number of allylic oxidation sites excluding steroid dienone is 1. The molecule has 0 radical (unpaired) electrons. The van der Waals surface area contributed by atoms with Gasteiger partial charge in [0, 0.05) is 5.92 Å². The molecule has 1 heteroatoms. The molecule has 0 amide bonds. The molecule has 1 aliphatic carbocycles. The van der Waals surface area contributed by atoms with Crippen molar-refractivity contribution in [2.45, 2.75) is 58.5 Å². The van der Waals surface area contributed by atoms with E-state index in [9.17, 15) is 5.11 Å².